The van der Waals surface area contributed by atoms with E-state index in [0.717, 1.165) is 39.6 Å². The van der Waals surface area contributed by atoms with Gasteiger partial charge in [0.1, 0.15) is 12.6 Å². The summed E-state index contributed by atoms with van der Waals surface area (Å²) in [5.74, 6) is -0.759. The third-order valence-electron chi connectivity index (χ3n) is 7.60. The van der Waals surface area contributed by atoms with Crippen molar-refractivity contribution in [2.24, 2.45) is 0 Å². The fourth-order valence-electron chi connectivity index (χ4n) is 5.16. The lowest BCUT2D eigenvalue weighted by atomic mass is 10.0. The molecule has 45 heavy (non-hydrogen) atoms. The minimum absolute atomic E-state index is 0.0791. The molecule has 0 bridgehead atoms. The second-order valence-electron chi connectivity index (χ2n) is 11.1. The van der Waals surface area contributed by atoms with Gasteiger partial charge in [-0.15, -0.1) is 0 Å². The van der Waals surface area contributed by atoms with Crippen LogP contribution in [-0.4, -0.2) is 44.3 Å². The van der Waals surface area contributed by atoms with E-state index in [1.807, 2.05) is 87.5 Å². The second kappa shape index (κ2) is 15.9. The Bertz CT molecular complexity index is 1680. The number of amides is 2. The third-order valence-corrected chi connectivity index (χ3v) is 9.90. The number of anilines is 1. The number of hydrogen-bond donors (Lipinski definition) is 1. The van der Waals surface area contributed by atoms with Crippen molar-refractivity contribution in [1.82, 2.24) is 10.2 Å². The molecule has 0 fully saturated rings. The summed E-state index contributed by atoms with van der Waals surface area (Å²) in [7, 11) is -4.14. The van der Waals surface area contributed by atoms with E-state index in [2.05, 4.69) is 21.2 Å². The minimum atomic E-state index is -4.14. The number of nitrogens with one attached hydrogen (secondary N) is 1. The summed E-state index contributed by atoms with van der Waals surface area (Å²) in [5, 5.41) is 3.02. The first-order valence-corrected chi connectivity index (χ1v) is 17.3. The predicted octanol–water partition coefficient (Wildman–Crippen LogP) is 6.82. The third kappa shape index (κ3) is 9.05. The fraction of sp³-hybridized carbons (Fsp3) is 0.278. The van der Waals surface area contributed by atoms with Crippen molar-refractivity contribution in [3.63, 3.8) is 0 Å². The molecular weight excluding hydrogens is 650 g/mol. The standard InChI is InChI=1S/C36H40BrN3O4S/c1-4-5-22-38-36(42)34(24-29-12-8-6-9-13-29)39(25-30-17-19-31(37)20-18-30)35(41)26-40(33-21-16-27(2)23-28(33)3)45(43,44)32-14-10-7-11-15-32/h6-21,23,34H,4-5,22,24-26H2,1-3H3,(H,38,42)/t34-/m1/s1. The van der Waals surface area contributed by atoms with E-state index >= 15 is 0 Å². The van der Waals surface area contributed by atoms with Gasteiger partial charge in [0.25, 0.3) is 10.0 Å². The molecule has 0 unspecified atom stereocenters. The summed E-state index contributed by atoms with van der Waals surface area (Å²) in [4.78, 5) is 30.0. The Morgan fingerprint density at radius 1 is 0.844 bits per heavy atom. The van der Waals surface area contributed by atoms with E-state index in [4.69, 9.17) is 0 Å². The van der Waals surface area contributed by atoms with Crippen molar-refractivity contribution >= 4 is 43.5 Å². The van der Waals surface area contributed by atoms with Gasteiger partial charge in [-0.1, -0.05) is 108 Å². The summed E-state index contributed by atoms with van der Waals surface area (Å²) < 4.78 is 30.4. The van der Waals surface area contributed by atoms with Crippen LogP contribution in [0, 0.1) is 13.8 Å². The van der Waals surface area contributed by atoms with Crippen molar-refractivity contribution in [3.05, 3.63) is 130 Å². The molecule has 0 aliphatic heterocycles. The smallest absolute Gasteiger partial charge is 0.264 e. The first-order valence-electron chi connectivity index (χ1n) is 15.1. The van der Waals surface area contributed by atoms with Crippen LogP contribution in [0.4, 0.5) is 5.69 Å². The van der Waals surface area contributed by atoms with Crippen molar-refractivity contribution in [2.75, 3.05) is 17.4 Å². The summed E-state index contributed by atoms with van der Waals surface area (Å²) >= 11 is 3.47. The Morgan fingerprint density at radius 2 is 1.49 bits per heavy atom. The van der Waals surface area contributed by atoms with Crippen LogP contribution >= 0.6 is 15.9 Å². The summed E-state index contributed by atoms with van der Waals surface area (Å²) in [6.45, 7) is 5.94. The van der Waals surface area contributed by atoms with Crippen molar-refractivity contribution in [1.29, 1.82) is 0 Å². The van der Waals surface area contributed by atoms with Gasteiger partial charge in [-0.2, -0.15) is 0 Å². The van der Waals surface area contributed by atoms with Crippen LogP contribution in [0.15, 0.2) is 112 Å². The van der Waals surface area contributed by atoms with Crippen molar-refractivity contribution in [3.8, 4) is 0 Å². The first-order chi connectivity index (χ1) is 21.6. The van der Waals surface area contributed by atoms with Gasteiger partial charge in [0.2, 0.25) is 11.8 Å². The van der Waals surface area contributed by atoms with Crippen LogP contribution < -0.4 is 9.62 Å². The molecule has 9 heteroatoms. The number of carbonyl (C=O) groups is 2. The number of nitrogens with zero attached hydrogens (tertiary/aromatic N) is 2. The quantitative estimate of drug-likeness (QED) is 0.147. The number of hydrogen-bond acceptors (Lipinski definition) is 4. The lowest BCUT2D eigenvalue weighted by Crippen LogP contribution is -2.53. The van der Waals surface area contributed by atoms with Crippen LogP contribution in [0.1, 0.15) is 42.0 Å². The number of aryl methyl sites for hydroxylation is 2. The highest BCUT2D eigenvalue weighted by Crippen LogP contribution is 2.28. The summed E-state index contributed by atoms with van der Waals surface area (Å²) in [6.07, 6.45) is 1.99. The highest BCUT2D eigenvalue weighted by molar-refractivity contribution is 9.10. The second-order valence-corrected chi connectivity index (χ2v) is 13.9. The van der Waals surface area contributed by atoms with E-state index in [1.54, 1.807) is 24.3 Å². The minimum Gasteiger partial charge on any atom is -0.354 e. The van der Waals surface area contributed by atoms with Gasteiger partial charge >= 0.3 is 0 Å². The molecule has 0 saturated carbocycles. The molecule has 1 N–H and O–H groups in total. The van der Waals surface area contributed by atoms with Gasteiger partial charge in [-0.3, -0.25) is 13.9 Å². The molecule has 0 aliphatic rings. The van der Waals surface area contributed by atoms with E-state index in [9.17, 15) is 18.0 Å². The lowest BCUT2D eigenvalue weighted by Gasteiger charge is -2.34. The topological polar surface area (TPSA) is 86.8 Å². The average Bonchev–Trinajstić information content (AvgIpc) is 3.03. The van der Waals surface area contributed by atoms with Gasteiger partial charge in [-0.05, 0) is 67.3 Å². The zero-order chi connectivity index (χ0) is 32.4. The van der Waals surface area contributed by atoms with Gasteiger partial charge in [0, 0.05) is 24.0 Å². The SMILES string of the molecule is CCCCNC(=O)[C@@H](Cc1ccccc1)N(Cc1ccc(Br)cc1)C(=O)CN(c1ccc(C)cc1C)S(=O)(=O)c1ccccc1. The zero-order valence-corrected chi connectivity index (χ0v) is 28.4. The number of sulfonamides is 1. The number of halogens is 1. The molecule has 0 aromatic heterocycles. The largest absolute Gasteiger partial charge is 0.354 e. The molecule has 0 spiro atoms. The van der Waals surface area contributed by atoms with E-state index in [-0.39, 0.29) is 23.8 Å². The molecule has 4 aromatic carbocycles. The molecule has 0 aliphatic carbocycles. The molecule has 4 rings (SSSR count). The fourth-order valence-corrected chi connectivity index (χ4v) is 6.93. The van der Waals surface area contributed by atoms with E-state index < -0.39 is 28.5 Å². The van der Waals surface area contributed by atoms with Crippen molar-refractivity contribution < 1.29 is 18.0 Å². The maximum atomic E-state index is 14.6. The molecule has 236 valence electrons. The molecule has 0 saturated heterocycles. The van der Waals surface area contributed by atoms with Crippen LogP contribution in [0.5, 0.6) is 0 Å². The van der Waals surface area contributed by atoms with Crippen LogP contribution in [-0.2, 0) is 32.6 Å². The summed E-state index contributed by atoms with van der Waals surface area (Å²) in [6, 6.07) is 29.8. The Morgan fingerprint density at radius 3 is 2.11 bits per heavy atom. The molecule has 0 radical (unpaired) electrons. The number of rotatable bonds is 14. The average molecular weight is 691 g/mol. The summed E-state index contributed by atoms with van der Waals surface area (Å²) in [5.41, 5.74) is 3.82. The Hall–Kier alpha value is -3.95. The highest BCUT2D eigenvalue weighted by atomic mass is 79.9. The van der Waals surface area contributed by atoms with Crippen molar-refractivity contribution in [2.45, 2.75) is 57.5 Å². The van der Waals surface area contributed by atoms with E-state index in [1.165, 1.54) is 21.3 Å². The van der Waals surface area contributed by atoms with Crippen LogP contribution in [0.2, 0.25) is 0 Å². The van der Waals surface area contributed by atoms with E-state index in [0.29, 0.717) is 12.2 Å². The predicted molar refractivity (Wildman–Crippen MR) is 183 cm³/mol. The van der Waals surface area contributed by atoms with Gasteiger partial charge < -0.3 is 10.2 Å². The highest BCUT2D eigenvalue weighted by Gasteiger charge is 2.35. The zero-order valence-electron chi connectivity index (χ0n) is 25.9. The molecule has 2 amide bonds. The van der Waals surface area contributed by atoms with Crippen LogP contribution in [0.3, 0.4) is 0 Å². The Kier molecular flexibility index (Phi) is 12.0. The molecule has 0 heterocycles. The van der Waals surface area contributed by atoms with Gasteiger partial charge in [-0.25, -0.2) is 8.42 Å². The number of carbonyl (C=O) groups excluding carboxylic acids is 2. The molecule has 7 nitrogen and oxygen atoms in total. The maximum absolute atomic E-state index is 14.6. The van der Waals surface area contributed by atoms with Gasteiger partial charge in [0.15, 0.2) is 0 Å². The lowest BCUT2D eigenvalue weighted by molar-refractivity contribution is -0.140. The molecular formula is C36H40BrN3O4S. The monoisotopic (exact) mass is 689 g/mol. The molecule has 4 aromatic rings. The first kappa shape index (κ1) is 33.9. The number of unbranched alkanes of at least 4 members (excludes halogenated alkanes) is 1. The maximum Gasteiger partial charge on any atom is 0.264 e. The van der Waals surface area contributed by atoms with Crippen LogP contribution in [0.25, 0.3) is 0 Å². The normalized spacial score (nSPS) is 11.9. The Labute approximate surface area is 275 Å². The molecule has 1 atom stereocenters. The number of benzene rings is 4. The Balaban J connectivity index is 1.80. The van der Waals surface area contributed by atoms with Gasteiger partial charge in [0.05, 0.1) is 10.6 Å².